The lowest BCUT2D eigenvalue weighted by Crippen LogP contribution is -2.04. The topological polar surface area (TPSA) is 35.2 Å². The Hall–Kier alpha value is -1.38. The SMILES string of the molecule is CC(Oc1cccc(N)c1)c1c(Cl)cccc1Cl. The van der Waals surface area contributed by atoms with Gasteiger partial charge < -0.3 is 10.5 Å². The molecule has 4 heteroatoms. The van der Waals surface area contributed by atoms with E-state index < -0.39 is 0 Å². The quantitative estimate of drug-likeness (QED) is 0.827. The van der Waals surface area contributed by atoms with E-state index in [4.69, 9.17) is 33.7 Å². The highest BCUT2D eigenvalue weighted by Crippen LogP contribution is 2.33. The first-order chi connectivity index (χ1) is 8.58. The average Bonchev–Trinajstić information content (AvgIpc) is 2.28. The van der Waals surface area contributed by atoms with Crippen LogP contribution in [-0.4, -0.2) is 0 Å². The molecule has 1 unspecified atom stereocenters. The number of hydrogen-bond acceptors (Lipinski definition) is 2. The molecule has 0 saturated carbocycles. The number of nitrogens with two attached hydrogens (primary N) is 1. The van der Waals surface area contributed by atoms with E-state index in [-0.39, 0.29) is 6.10 Å². The van der Waals surface area contributed by atoms with Crippen molar-refractivity contribution >= 4 is 28.9 Å². The Bertz CT molecular complexity index is 537. The van der Waals surface area contributed by atoms with Gasteiger partial charge in [-0.15, -0.1) is 0 Å². The second-order valence-corrected chi connectivity index (χ2v) is 4.78. The molecule has 0 aliphatic rings. The van der Waals surface area contributed by atoms with Crippen LogP contribution >= 0.6 is 23.2 Å². The minimum absolute atomic E-state index is 0.243. The van der Waals surface area contributed by atoms with Gasteiger partial charge in [-0.05, 0) is 31.2 Å². The van der Waals surface area contributed by atoms with Crippen molar-refractivity contribution in [3.63, 3.8) is 0 Å². The van der Waals surface area contributed by atoms with E-state index in [1.165, 1.54) is 0 Å². The van der Waals surface area contributed by atoms with Crippen molar-refractivity contribution in [1.82, 2.24) is 0 Å². The molecule has 0 fully saturated rings. The van der Waals surface area contributed by atoms with Gasteiger partial charge in [0.25, 0.3) is 0 Å². The first kappa shape index (κ1) is 13.1. The highest BCUT2D eigenvalue weighted by atomic mass is 35.5. The molecule has 0 aliphatic carbocycles. The van der Waals surface area contributed by atoms with Crippen molar-refractivity contribution in [2.45, 2.75) is 13.0 Å². The van der Waals surface area contributed by atoms with Gasteiger partial charge in [-0.1, -0.05) is 35.3 Å². The molecule has 0 spiro atoms. The molecule has 0 aliphatic heterocycles. The molecule has 2 rings (SSSR count). The van der Waals surface area contributed by atoms with Gasteiger partial charge in [0.15, 0.2) is 0 Å². The summed E-state index contributed by atoms with van der Waals surface area (Å²) in [5.41, 5.74) is 7.14. The molecule has 94 valence electrons. The second kappa shape index (κ2) is 5.51. The predicted octanol–water partition coefficient (Wildman–Crippen LogP) is 4.72. The number of benzene rings is 2. The van der Waals surface area contributed by atoms with Crippen molar-refractivity contribution < 1.29 is 4.74 Å². The highest BCUT2D eigenvalue weighted by molar-refractivity contribution is 6.36. The van der Waals surface area contributed by atoms with Crippen LogP contribution in [0.25, 0.3) is 0 Å². The maximum Gasteiger partial charge on any atom is 0.124 e. The minimum atomic E-state index is -0.243. The smallest absolute Gasteiger partial charge is 0.124 e. The van der Waals surface area contributed by atoms with Crippen LogP contribution in [0.15, 0.2) is 42.5 Å². The zero-order chi connectivity index (χ0) is 13.1. The lowest BCUT2D eigenvalue weighted by Gasteiger charge is -2.17. The molecule has 0 amide bonds. The standard InChI is InChI=1S/C14H13Cl2NO/c1-9(14-12(15)6-3-7-13(14)16)18-11-5-2-4-10(17)8-11/h2-9H,17H2,1H3. The number of ether oxygens (including phenoxy) is 1. The zero-order valence-corrected chi connectivity index (χ0v) is 11.4. The molecular weight excluding hydrogens is 269 g/mol. The lowest BCUT2D eigenvalue weighted by molar-refractivity contribution is 0.227. The van der Waals surface area contributed by atoms with Gasteiger partial charge >= 0.3 is 0 Å². The molecule has 2 aromatic carbocycles. The van der Waals surface area contributed by atoms with E-state index >= 15 is 0 Å². The fourth-order valence-electron chi connectivity index (χ4n) is 1.75. The molecule has 2 aromatic rings. The van der Waals surface area contributed by atoms with Crippen LogP contribution in [-0.2, 0) is 0 Å². The Morgan fingerprint density at radius 2 is 1.67 bits per heavy atom. The van der Waals surface area contributed by atoms with Gasteiger partial charge in [0.05, 0.1) is 0 Å². The summed E-state index contributed by atoms with van der Waals surface area (Å²) in [6.45, 7) is 1.90. The second-order valence-electron chi connectivity index (χ2n) is 3.97. The Labute approximate surface area is 116 Å². The van der Waals surface area contributed by atoms with Crippen molar-refractivity contribution in [2.24, 2.45) is 0 Å². The fraction of sp³-hybridized carbons (Fsp3) is 0.143. The summed E-state index contributed by atoms with van der Waals surface area (Å²) in [5.74, 6) is 0.693. The van der Waals surface area contributed by atoms with Crippen LogP contribution in [0.1, 0.15) is 18.6 Å². The van der Waals surface area contributed by atoms with Crippen LogP contribution in [0.2, 0.25) is 10.0 Å². The van der Waals surface area contributed by atoms with E-state index in [0.717, 1.165) is 5.56 Å². The summed E-state index contributed by atoms with van der Waals surface area (Å²) in [4.78, 5) is 0. The monoisotopic (exact) mass is 281 g/mol. The molecule has 2 N–H and O–H groups in total. The average molecular weight is 282 g/mol. The van der Waals surface area contributed by atoms with Crippen molar-refractivity contribution in [3.05, 3.63) is 58.1 Å². The molecule has 18 heavy (non-hydrogen) atoms. The first-order valence-corrected chi connectivity index (χ1v) is 6.29. The molecule has 0 radical (unpaired) electrons. The molecule has 0 saturated heterocycles. The Morgan fingerprint density at radius 1 is 1.06 bits per heavy atom. The van der Waals surface area contributed by atoms with Crippen molar-refractivity contribution in [1.29, 1.82) is 0 Å². The third-order valence-corrected chi connectivity index (χ3v) is 3.24. The van der Waals surface area contributed by atoms with Crippen LogP contribution in [0.3, 0.4) is 0 Å². The van der Waals surface area contributed by atoms with E-state index in [1.807, 2.05) is 19.1 Å². The van der Waals surface area contributed by atoms with Gasteiger partial charge in [-0.25, -0.2) is 0 Å². The third kappa shape index (κ3) is 2.89. The summed E-state index contributed by atoms with van der Waals surface area (Å²) in [7, 11) is 0. The number of hydrogen-bond donors (Lipinski definition) is 1. The molecule has 0 aromatic heterocycles. The normalized spacial score (nSPS) is 12.2. The highest BCUT2D eigenvalue weighted by Gasteiger charge is 2.15. The van der Waals surface area contributed by atoms with Crippen LogP contribution in [0.4, 0.5) is 5.69 Å². The molecule has 2 nitrogen and oxygen atoms in total. The van der Waals surface area contributed by atoms with Crippen LogP contribution in [0.5, 0.6) is 5.75 Å². The molecule has 0 heterocycles. The van der Waals surface area contributed by atoms with Gasteiger partial charge in [0.2, 0.25) is 0 Å². The van der Waals surface area contributed by atoms with Gasteiger partial charge in [-0.2, -0.15) is 0 Å². The maximum atomic E-state index is 6.13. The Kier molecular flexibility index (Phi) is 4.00. The van der Waals surface area contributed by atoms with Crippen molar-refractivity contribution in [3.8, 4) is 5.75 Å². The number of nitrogen functional groups attached to an aromatic ring is 1. The summed E-state index contributed by atoms with van der Waals surface area (Å²) in [6, 6.07) is 12.6. The summed E-state index contributed by atoms with van der Waals surface area (Å²) < 4.78 is 5.79. The van der Waals surface area contributed by atoms with Gasteiger partial charge in [0.1, 0.15) is 11.9 Å². The Balaban J connectivity index is 2.25. The van der Waals surface area contributed by atoms with E-state index in [0.29, 0.717) is 21.5 Å². The fourth-order valence-corrected chi connectivity index (χ4v) is 2.45. The molecular formula is C14H13Cl2NO. The van der Waals surface area contributed by atoms with Gasteiger partial charge in [-0.3, -0.25) is 0 Å². The molecule has 0 bridgehead atoms. The zero-order valence-electron chi connectivity index (χ0n) is 9.86. The summed E-state index contributed by atoms with van der Waals surface area (Å²) in [6.07, 6.45) is -0.243. The Morgan fingerprint density at radius 3 is 2.28 bits per heavy atom. The largest absolute Gasteiger partial charge is 0.486 e. The van der Waals surface area contributed by atoms with Gasteiger partial charge in [0, 0.05) is 27.4 Å². The number of anilines is 1. The molecule has 1 atom stereocenters. The van der Waals surface area contributed by atoms with Crippen LogP contribution in [0, 0.1) is 0 Å². The number of halogens is 2. The van der Waals surface area contributed by atoms with E-state index in [9.17, 15) is 0 Å². The van der Waals surface area contributed by atoms with E-state index in [1.54, 1.807) is 30.3 Å². The minimum Gasteiger partial charge on any atom is -0.486 e. The van der Waals surface area contributed by atoms with Crippen molar-refractivity contribution in [2.75, 3.05) is 5.73 Å². The first-order valence-electron chi connectivity index (χ1n) is 5.54. The third-order valence-electron chi connectivity index (χ3n) is 2.58. The number of rotatable bonds is 3. The predicted molar refractivity (Wildman–Crippen MR) is 76.4 cm³/mol. The summed E-state index contributed by atoms with van der Waals surface area (Å²) >= 11 is 12.3. The van der Waals surface area contributed by atoms with Crippen LogP contribution < -0.4 is 10.5 Å². The maximum absolute atomic E-state index is 6.13. The van der Waals surface area contributed by atoms with E-state index in [2.05, 4.69) is 0 Å². The summed E-state index contributed by atoms with van der Waals surface area (Å²) in [5, 5.41) is 1.19. The lowest BCUT2D eigenvalue weighted by atomic mass is 10.1.